The first-order chi connectivity index (χ1) is 22.0. The number of halogens is 2. The average Bonchev–Trinajstić information content (AvgIpc) is 3.24. The van der Waals surface area contributed by atoms with Crippen LogP contribution in [-0.4, -0.2) is 62.3 Å². The topological polar surface area (TPSA) is 190 Å². The summed E-state index contributed by atoms with van der Waals surface area (Å²) in [6.45, 7) is 7.54. The standard InChI is InChI=1S/C30H37BrClN4O10P/c1-16(2)24(33)27(39)45-25-22(44-28(30(25,31)32)36-23(37)13-14-34-29(36)40)15-42-47(41,35-18(5)26(38)43-17(3)4)46-21-12-8-10-19-9-6-7-11-20(19)21/h6-14,16-18,22,24-25,28H,15,33H2,1-5H3,(H,34,40)(H,35,41)/t18-,22+,24-,25+,28+,30-,47-/m0/s1. The molecule has 47 heavy (non-hydrogen) atoms. The number of alkyl halides is 2. The van der Waals surface area contributed by atoms with E-state index in [1.54, 1.807) is 52.0 Å². The van der Waals surface area contributed by atoms with E-state index < -0.39 is 77.9 Å². The van der Waals surface area contributed by atoms with Gasteiger partial charge < -0.3 is 29.5 Å². The minimum absolute atomic E-state index is 0.175. The van der Waals surface area contributed by atoms with Gasteiger partial charge in [-0.2, -0.15) is 5.09 Å². The first kappa shape index (κ1) is 36.8. The van der Waals surface area contributed by atoms with E-state index in [-0.39, 0.29) is 11.7 Å². The number of carbonyl (C=O) groups is 2. The maximum absolute atomic E-state index is 14.4. The van der Waals surface area contributed by atoms with Gasteiger partial charge in [0, 0.05) is 17.6 Å². The van der Waals surface area contributed by atoms with Gasteiger partial charge in [-0.15, -0.1) is 0 Å². The molecular formula is C30H37BrClN4O10P. The summed E-state index contributed by atoms with van der Waals surface area (Å²) in [6, 6.07) is 11.1. The van der Waals surface area contributed by atoms with Crippen molar-refractivity contribution >= 4 is 58.0 Å². The zero-order chi connectivity index (χ0) is 34.7. The predicted molar refractivity (Wildman–Crippen MR) is 177 cm³/mol. The van der Waals surface area contributed by atoms with Crippen LogP contribution in [0.1, 0.15) is 40.8 Å². The largest absolute Gasteiger partial charge is 0.462 e. The number of nitrogens with one attached hydrogen (secondary N) is 2. The van der Waals surface area contributed by atoms with Crippen LogP contribution in [0, 0.1) is 5.92 Å². The molecule has 1 aromatic heterocycles. The molecule has 1 saturated heterocycles. The molecule has 4 N–H and O–H groups in total. The molecule has 0 spiro atoms. The highest BCUT2D eigenvalue weighted by molar-refractivity contribution is 9.10. The number of benzene rings is 2. The van der Waals surface area contributed by atoms with Gasteiger partial charge >= 0.3 is 25.4 Å². The van der Waals surface area contributed by atoms with Crippen molar-refractivity contribution in [3.63, 3.8) is 0 Å². The van der Waals surface area contributed by atoms with Crippen molar-refractivity contribution in [1.82, 2.24) is 14.6 Å². The Kier molecular flexibility index (Phi) is 11.8. The van der Waals surface area contributed by atoms with Gasteiger partial charge in [-0.05, 0) is 38.1 Å². The number of ether oxygens (including phenoxy) is 3. The quantitative estimate of drug-likeness (QED) is 0.130. The molecular weight excluding hydrogens is 723 g/mol. The lowest BCUT2D eigenvalue weighted by Gasteiger charge is -2.29. The van der Waals surface area contributed by atoms with Gasteiger partial charge in [-0.3, -0.25) is 18.9 Å². The Balaban J connectivity index is 1.71. The van der Waals surface area contributed by atoms with Gasteiger partial charge in [0.05, 0.1) is 12.7 Å². The van der Waals surface area contributed by atoms with Crippen molar-refractivity contribution in [2.45, 2.75) is 75.0 Å². The Labute approximate surface area is 283 Å². The van der Waals surface area contributed by atoms with Gasteiger partial charge in [0.1, 0.15) is 23.9 Å². The third kappa shape index (κ3) is 8.52. The second-order valence-electron chi connectivity index (χ2n) is 11.5. The zero-order valence-corrected chi connectivity index (χ0v) is 29.5. The number of aromatic amines is 1. The molecule has 0 saturated carbocycles. The summed E-state index contributed by atoms with van der Waals surface area (Å²) in [4.78, 5) is 53.5. The summed E-state index contributed by atoms with van der Waals surface area (Å²) in [5.41, 5.74) is 4.40. The molecule has 1 fully saturated rings. The summed E-state index contributed by atoms with van der Waals surface area (Å²) in [7, 11) is -4.49. The number of hydrogen-bond acceptors (Lipinski definition) is 11. The molecule has 17 heteroatoms. The number of carbonyl (C=O) groups excluding carboxylic acids is 2. The fraction of sp³-hybridized carbons (Fsp3) is 0.467. The predicted octanol–water partition coefficient (Wildman–Crippen LogP) is 3.95. The van der Waals surface area contributed by atoms with E-state index in [1.807, 2.05) is 18.2 Å². The van der Waals surface area contributed by atoms with E-state index >= 15 is 0 Å². The van der Waals surface area contributed by atoms with E-state index in [0.29, 0.717) is 9.95 Å². The maximum atomic E-state index is 14.4. The van der Waals surface area contributed by atoms with Crippen LogP contribution in [0.4, 0.5) is 0 Å². The molecule has 0 radical (unpaired) electrons. The Hall–Kier alpha value is -3.04. The monoisotopic (exact) mass is 758 g/mol. The summed E-state index contributed by atoms with van der Waals surface area (Å²) < 4.78 is 42.0. The van der Waals surface area contributed by atoms with Crippen molar-refractivity contribution in [3.8, 4) is 5.75 Å². The average molecular weight is 760 g/mol. The molecule has 1 aliphatic rings. The van der Waals surface area contributed by atoms with Gasteiger partial charge in [-0.1, -0.05) is 77.8 Å². The summed E-state index contributed by atoms with van der Waals surface area (Å²) >= 11 is 10.1. The smallest absolute Gasteiger partial charge is 0.459 e. The van der Waals surface area contributed by atoms with Gasteiger partial charge in [0.2, 0.25) is 0 Å². The minimum Gasteiger partial charge on any atom is -0.462 e. The van der Waals surface area contributed by atoms with Crippen molar-refractivity contribution < 1.29 is 37.4 Å². The van der Waals surface area contributed by atoms with Crippen LogP contribution >= 0.6 is 35.3 Å². The first-order valence-electron chi connectivity index (χ1n) is 14.7. The fourth-order valence-electron chi connectivity index (χ4n) is 4.65. The second kappa shape index (κ2) is 15.0. The number of hydrogen-bond donors (Lipinski definition) is 3. The molecule has 4 rings (SSSR count). The van der Waals surface area contributed by atoms with E-state index in [4.69, 9.17) is 40.6 Å². The van der Waals surface area contributed by atoms with E-state index in [9.17, 15) is 23.7 Å². The summed E-state index contributed by atoms with van der Waals surface area (Å²) in [6.07, 6.45) is -3.65. The molecule has 0 bridgehead atoms. The highest BCUT2D eigenvalue weighted by Crippen LogP contribution is 2.52. The third-order valence-corrected chi connectivity index (χ3v) is 10.0. The van der Waals surface area contributed by atoms with Crippen LogP contribution < -0.4 is 26.6 Å². The normalized spacial score (nSPS) is 23.7. The molecule has 14 nitrogen and oxygen atoms in total. The highest BCUT2D eigenvalue weighted by Gasteiger charge is 2.59. The second-order valence-corrected chi connectivity index (χ2v) is 15.6. The highest BCUT2D eigenvalue weighted by atomic mass is 79.9. The minimum atomic E-state index is -4.49. The number of esters is 2. The summed E-state index contributed by atoms with van der Waals surface area (Å²) in [5, 5.41) is 3.99. The van der Waals surface area contributed by atoms with E-state index in [1.165, 1.54) is 6.92 Å². The van der Waals surface area contributed by atoms with Crippen LogP contribution in [0.2, 0.25) is 0 Å². The van der Waals surface area contributed by atoms with Crippen molar-refractivity contribution in [1.29, 1.82) is 0 Å². The molecule has 2 heterocycles. The van der Waals surface area contributed by atoms with Crippen LogP contribution in [0.5, 0.6) is 5.75 Å². The van der Waals surface area contributed by atoms with Gasteiger partial charge in [0.25, 0.3) is 5.56 Å². The zero-order valence-electron chi connectivity index (χ0n) is 26.3. The van der Waals surface area contributed by atoms with Crippen LogP contribution in [0.15, 0.2) is 64.3 Å². The molecule has 3 aromatic rings. The Bertz CT molecular complexity index is 1730. The molecule has 256 valence electrons. The molecule has 0 unspecified atom stereocenters. The van der Waals surface area contributed by atoms with Crippen molar-refractivity contribution in [3.05, 3.63) is 75.6 Å². The Morgan fingerprint density at radius 2 is 1.79 bits per heavy atom. The van der Waals surface area contributed by atoms with Gasteiger partial charge in [-0.25, -0.2) is 13.9 Å². The van der Waals surface area contributed by atoms with E-state index in [2.05, 4.69) is 26.0 Å². The number of H-pyrrole nitrogens is 1. The molecule has 7 atom stereocenters. The lowest BCUT2D eigenvalue weighted by molar-refractivity contribution is -0.155. The van der Waals surface area contributed by atoms with E-state index in [0.717, 1.165) is 17.6 Å². The molecule has 2 aromatic carbocycles. The maximum Gasteiger partial charge on any atom is 0.459 e. The van der Waals surface area contributed by atoms with Crippen molar-refractivity contribution in [2.75, 3.05) is 6.61 Å². The first-order valence-corrected chi connectivity index (χ1v) is 17.4. The molecule has 0 aliphatic carbocycles. The summed E-state index contributed by atoms with van der Waals surface area (Å²) in [5.74, 6) is -1.72. The number of aromatic nitrogens is 2. The molecule has 0 amide bonds. The number of nitrogens with zero attached hydrogens (tertiary/aromatic N) is 1. The Morgan fingerprint density at radius 3 is 2.45 bits per heavy atom. The number of nitrogens with two attached hydrogens (primary N) is 1. The fourth-order valence-corrected chi connectivity index (χ4v) is 7.21. The van der Waals surface area contributed by atoms with Gasteiger partial charge in [0.15, 0.2) is 16.1 Å². The Morgan fingerprint density at radius 1 is 1.11 bits per heavy atom. The number of rotatable bonds is 13. The van der Waals surface area contributed by atoms with Crippen LogP contribution in [0.3, 0.4) is 0 Å². The van der Waals surface area contributed by atoms with Crippen LogP contribution in [0.25, 0.3) is 10.8 Å². The lowest BCUT2D eigenvalue weighted by atomic mass is 10.1. The third-order valence-electron chi connectivity index (χ3n) is 7.14. The van der Waals surface area contributed by atoms with Crippen LogP contribution in [-0.2, 0) is 32.9 Å². The lowest BCUT2D eigenvalue weighted by Crippen LogP contribution is -2.48. The SMILES string of the molecule is CC(C)OC(=O)[C@H](C)N[P@](=O)(OC[C@H]1O[C@@H](n2c(=O)cc[nH]c2=O)[C@](Cl)(Br)[C@@H]1OC(=O)[C@@H](N)C(C)C)Oc1cccc2ccccc12. The molecule has 1 aliphatic heterocycles. The number of fused-ring (bicyclic) bond motifs is 1. The van der Waals surface area contributed by atoms with Crippen molar-refractivity contribution in [2.24, 2.45) is 11.7 Å².